The Bertz CT molecular complexity index is 711. The highest BCUT2D eigenvalue weighted by atomic mass is 35.5. The third kappa shape index (κ3) is 3.61. The maximum absolute atomic E-state index is 12.2. The minimum absolute atomic E-state index is 0.243. The Balaban J connectivity index is 2.21. The van der Waals surface area contributed by atoms with Gasteiger partial charge in [0.1, 0.15) is 0 Å². The Morgan fingerprint density at radius 2 is 1.95 bits per heavy atom. The highest BCUT2D eigenvalue weighted by molar-refractivity contribution is 6.31. The predicted octanol–water partition coefficient (Wildman–Crippen LogP) is 4.10. The smallest absolute Gasteiger partial charge is 0.255 e. The lowest BCUT2D eigenvalue weighted by molar-refractivity contribution is 0.102. The van der Waals surface area contributed by atoms with Gasteiger partial charge >= 0.3 is 0 Å². The summed E-state index contributed by atoms with van der Waals surface area (Å²) in [6, 6.07) is 12.2. The molecule has 0 aliphatic rings. The molecule has 0 fully saturated rings. The van der Waals surface area contributed by atoms with Crippen molar-refractivity contribution >= 4 is 28.9 Å². The first-order valence-corrected chi connectivity index (χ1v) is 6.75. The summed E-state index contributed by atoms with van der Waals surface area (Å²) in [6.45, 7) is 3.56. The predicted molar refractivity (Wildman–Crippen MR) is 84.6 cm³/mol. The molecule has 0 atom stereocenters. The van der Waals surface area contributed by atoms with E-state index in [0.717, 1.165) is 11.1 Å². The van der Waals surface area contributed by atoms with E-state index in [4.69, 9.17) is 16.8 Å². The van der Waals surface area contributed by atoms with Gasteiger partial charge in [-0.15, -0.1) is 0 Å². The van der Waals surface area contributed by atoms with Gasteiger partial charge in [-0.25, -0.2) is 0 Å². The molecule has 0 spiro atoms. The van der Waals surface area contributed by atoms with E-state index in [2.05, 4.69) is 10.5 Å². The number of hydrogen-bond donors (Lipinski definition) is 2. The number of carbonyl (C=O) groups is 1. The topological polar surface area (TPSA) is 61.7 Å². The van der Waals surface area contributed by atoms with Gasteiger partial charge in [-0.3, -0.25) is 4.79 Å². The van der Waals surface area contributed by atoms with E-state index in [1.807, 2.05) is 6.92 Å². The van der Waals surface area contributed by atoms with Crippen molar-refractivity contribution in [2.45, 2.75) is 13.8 Å². The van der Waals surface area contributed by atoms with Crippen LogP contribution in [0, 0.1) is 6.92 Å². The zero-order valence-corrected chi connectivity index (χ0v) is 12.5. The Hall–Kier alpha value is -2.33. The van der Waals surface area contributed by atoms with E-state index in [0.29, 0.717) is 22.0 Å². The molecule has 2 aromatic carbocycles. The summed E-state index contributed by atoms with van der Waals surface area (Å²) in [5.74, 6) is -0.243. The SMILES string of the molecule is CC(=NO)c1cccc(NC(=O)c2ccc(C)c(Cl)c2)c1. The van der Waals surface area contributed by atoms with Crippen LogP contribution in [0.25, 0.3) is 0 Å². The van der Waals surface area contributed by atoms with Gasteiger partial charge in [-0.2, -0.15) is 0 Å². The largest absolute Gasteiger partial charge is 0.411 e. The summed E-state index contributed by atoms with van der Waals surface area (Å²) in [4.78, 5) is 12.2. The molecular formula is C16H15ClN2O2. The van der Waals surface area contributed by atoms with Crippen molar-refractivity contribution in [3.63, 3.8) is 0 Å². The van der Waals surface area contributed by atoms with Gasteiger partial charge in [-0.1, -0.05) is 35.0 Å². The van der Waals surface area contributed by atoms with Crippen LogP contribution in [0.3, 0.4) is 0 Å². The van der Waals surface area contributed by atoms with E-state index < -0.39 is 0 Å². The van der Waals surface area contributed by atoms with Crippen molar-refractivity contribution in [1.29, 1.82) is 0 Å². The highest BCUT2D eigenvalue weighted by Crippen LogP contribution is 2.18. The molecule has 2 aromatic rings. The number of anilines is 1. The zero-order chi connectivity index (χ0) is 15.4. The first-order valence-electron chi connectivity index (χ1n) is 6.38. The number of oxime groups is 1. The molecule has 0 radical (unpaired) electrons. The normalized spacial score (nSPS) is 11.3. The quantitative estimate of drug-likeness (QED) is 0.509. The van der Waals surface area contributed by atoms with Crippen molar-refractivity contribution in [1.82, 2.24) is 0 Å². The van der Waals surface area contributed by atoms with Crippen molar-refractivity contribution in [3.05, 3.63) is 64.2 Å². The zero-order valence-electron chi connectivity index (χ0n) is 11.7. The van der Waals surface area contributed by atoms with Crippen LogP contribution in [-0.4, -0.2) is 16.8 Å². The van der Waals surface area contributed by atoms with Crippen molar-refractivity contribution in [2.75, 3.05) is 5.32 Å². The number of nitrogens with one attached hydrogen (secondary N) is 1. The molecule has 2 N–H and O–H groups in total. The summed E-state index contributed by atoms with van der Waals surface area (Å²) in [5, 5.41) is 15.3. The first-order chi connectivity index (χ1) is 10.0. The fraction of sp³-hybridized carbons (Fsp3) is 0.125. The third-order valence-corrected chi connectivity index (χ3v) is 3.53. The summed E-state index contributed by atoms with van der Waals surface area (Å²) in [7, 11) is 0. The van der Waals surface area contributed by atoms with E-state index in [1.54, 1.807) is 49.4 Å². The number of halogens is 1. The minimum Gasteiger partial charge on any atom is -0.411 e. The molecule has 5 heteroatoms. The number of benzene rings is 2. The lowest BCUT2D eigenvalue weighted by atomic mass is 10.1. The molecule has 0 heterocycles. The van der Waals surface area contributed by atoms with Gasteiger partial charge < -0.3 is 10.5 Å². The van der Waals surface area contributed by atoms with Gasteiger partial charge in [0.05, 0.1) is 5.71 Å². The molecular weight excluding hydrogens is 288 g/mol. The molecule has 2 rings (SSSR count). The molecule has 0 aliphatic carbocycles. The van der Waals surface area contributed by atoms with Gasteiger partial charge in [0.15, 0.2) is 0 Å². The Labute approximate surface area is 128 Å². The van der Waals surface area contributed by atoms with E-state index in [9.17, 15) is 4.79 Å². The van der Waals surface area contributed by atoms with Crippen LogP contribution in [-0.2, 0) is 0 Å². The second kappa shape index (κ2) is 6.41. The van der Waals surface area contributed by atoms with E-state index in [-0.39, 0.29) is 5.91 Å². The molecule has 0 saturated heterocycles. The van der Waals surface area contributed by atoms with Crippen molar-refractivity contribution in [2.24, 2.45) is 5.16 Å². The van der Waals surface area contributed by atoms with Gasteiger partial charge in [-0.05, 0) is 43.7 Å². The number of carbonyl (C=O) groups excluding carboxylic acids is 1. The summed E-state index contributed by atoms with van der Waals surface area (Å²) >= 11 is 6.02. The molecule has 108 valence electrons. The molecule has 4 nitrogen and oxygen atoms in total. The van der Waals surface area contributed by atoms with Gasteiger partial charge in [0.25, 0.3) is 5.91 Å². The fourth-order valence-corrected chi connectivity index (χ4v) is 2.00. The lowest BCUT2D eigenvalue weighted by Gasteiger charge is -2.08. The maximum atomic E-state index is 12.2. The van der Waals surface area contributed by atoms with Crippen LogP contribution in [0.5, 0.6) is 0 Å². The van der Waals surface area contributed by atoms with Crippen LogP contribution in [0.15, 0.2) is 47.6 Å². The van der Waals surface area contributed by atoms with Crippen LogP contribution >= 0.6 is 11.6 Å². The Kier molecular flexibility index (Phi) is 4.60. The molecule has 21 heavy (non-hydrogen) atoms. The number of nitrogens with zero attached hydrogens (tertiary/aromatic N) is 1. The number of rotatable bonds is 3. The molecule has 0 unspecified atom stereocenters. The highest BCUT2D eigenvalue weighted by Gasteiger charge is 2.08. The maximum Gasteiger partial charge on any atom is 0.255 e. The first kappa shape index (κ1) is 15.1. The number of aryl methyl sites for hydroxylation is 1. The van der Waals surface area contributed by atoms with Crippen LogP contribution < -0.4 is 5.32 Å². The third-order valence-electron chi connectivity index (χ3n) is 3.12. The molecule has 1 amide bonds. The summed E-state index contributed by atoms with van der Waals surface area (Å²) in [6.07, 6.45) is 0. The standard InChI is InChI=1S/C16H15ClN2O2/c1-10-6-7-13(9-15(10)17)16(20)18-14-5-3-4-12(8-14)11(2)19-21/h3-9,21H,1-2H3,(H,18,20). The van der Waals surface area contributed by atoms with Crippen LogP contribution in [0.2, 0.25) is 5.02 Å². The molecule has 0 aromatic heterocycles. The monoisotopic (exact) mass is 302 g/mol. The second-order valence-electron chi connectivity index (χ2n) is 4.68. The van der Waals surface area contributed by atoms with Crippen molar-refractivity contribution in [3.8, 4) is 0 Å². The number of hydrogen-bond acceptors (Lipinski definition) is 3. The van der Waals surface area contributed by atoms with Crippen LogP contribution in [0.4, 0.5) is 5.69 Å². The summed E-state index contributed by atoms with van der Waals surface area (Å²) in [5.41, 5.74) is 3.24. The minimum atomic E-state index is -0.243. The van der Waals surface area contributed by atoms with Gasteiger partial charge in [0.2, 0.25) is 0 Å². The molecule has 0 bridgehead atoms. The summed E-state index contributed by atoms with van der Waals surface area (Å²) < 4.78 is 0. The Morgan fingerprint density at radius 1 is 1.19 bits per heavy atom. The Morgan fingerprint density at radius 3 is 2.62 bits per heavy atom. The molecule has 0 aliphatic heterocycles. The molecule has 0 saturated carbocycles. The van der Waals surface area contributed by atoms with E-state index in [1.165, 1.54) is 0 Å². The second-order valence-corrected chi connectivity index (χ2v) is 5.09. The average molecular weight is 303 g/mol. The van der Waals surface area contributed by atoms with E-state index >= 15 is 0 Å². The van der Waals surface area contributed by atoms with Gasteiger partial charge in [0, 0.05) is 21.8 Å². The fourth-order valence-electron chi connectivity index (χ4n) is 1.82. The lowest BCUT2D eigenvalue weighted by Crippen LogP contribution is -2.12. The number of amides is 1. The average Bonchev–Trinajstić information content (AvgIpc) is 2.49. The van der Waals surface area contributed by atoms with Crippen molar-refractivity contribution < 1.29 is 10.0 Å². The van der Waals surface area contributed by atoms with Crippen LogP contribution in [0.1, 0.15) is 28.4 Å².